The van der Waals surface area contributed by atoms with Crippen molar-refractivity contribution in [3.8, 4) is 0 Å². The van der Waals surface area contributed by atoms with E-state index in [9.17, 15) is 0 Å². The molecule has 0 aliphatic carbocycles. The topological polar surface area (TPSA) is 44.0 Å². The van der Waals surface area contributed by atoms with Crippen LogP contribution in [0.4, 0.5) is 0 Å². The van der Waals surface area contributed by atoms with E-state index in [-0.39, 0.29) is 37.8 Å². The molecule has 0 bridgehead atoms. The van der Waals surface area contributed by atoms with E-state index in [0.29, 0.717) is 0 Å². The van der Waals surface area contributed by atoms with Crippen LogP contribution in [0.1, 0.15) is 27.7 Å². The molecule has 0 aromatic heterocycles. The fourth-order valence-corrected chi connectivity index (χ4v) is 1.07. The van der Waals surface area contributed by atoms with Gasteiger partial charge in [0.15, 0.2) is 8.32 Å². The number of hydrogen-bond acceptors (Lipinski definition) is 1. The Bertz CT molecular complexity index is 462. The average Bonchev–Trinajstić information content (AvgIpc) is 2.97. The van der Waals surface area contributed by atoms with Gasteiger partial charge in [0, 0.05) is 9.52 Å². The zero-order chi connectivity index (χ0) is 21.8. The Hall–Kier alpha value is 0.864. The quantitative estimate of drug-likeness (QED) is 0.255. The van der Waals surface area contributed by atoms with Gasteiger partial charge < -0.3 is 24.9 Å². The normalized spacial score (nSPS) is 8.24. The summed E-state index contributed by atoms with van der Waals surface area (Å²) in [5.41, 5.74) is 6.69. The predicted octanol–water partition coefficient (Wildman–Crippen LogP) is 7.75. The molecular formula is C21H43Cl2NOSi3Zr-4. The maximum absolute atomic E-state index is 8.66. The maximum Gasteiger partial charge on any atom is -0.0809 e. The number of halogens is 2. The summed E-state index contributed by atoms with van der Waals surface area (Å²) >= 11 is 1.36. The molecule has 0 aliphatic heterocycles. The van der Waals surface area contributed by atoms with E-state index in [0.717, 1.165) is 9.52 Å². The molecule has 2 N–H and O–H groups in total. The van der Waals surface area contributed by atoms with E-state index in [1.807, 2.05) is 40.4 Å². The molecule has 2 rings (SSSR count). The van der Waals surface area contributed by atoms with Crippen LogP contribution in [0, 0.1) is 14.4 Å². The molecule has 2 nitrogen and oxygen atoms in total. The van der Waals surface area contributed by atoms with Crippen molar-refractivity contribution in [1.82, 2.24) is 0 Å². The van der Waals surface area contributed by atoms with Crippen LogP contribution in [0.2, 0.25) is 32.7 Å². The largest absolute Gasteiger partial charge is 0.168 e. The Morgan fingerprint density at radius 1 is 1.03 bits per heavy atom. The fourth-order valence-electron chi connectivity index (χ4n) is 1.07. The van der Waals surface area contributed by atoms with Crippen LogP contribution in [-0.2, 0) is 23.3 Å². The molecule has 0 heterocycles. The Balaban J connectivity index is -0.0000000433. The number of fused-ring (bicyclic) bond motifs is 1. The van der Waals surface area contributed by atoms with Gasteiger partial charge in [-0.05, 0) is 19.6 Å². The zero-order valence-corrected chi connectivity index (χ0v) is 27.1. The van der Waals surface area contributed by atoms with Crippen molar-refractivity contribution in [3.63, 3.8) is 0 Å². The minimum absolute atomic E-state index is 0. The minimum atomic E-state index is -1.61. The molecule has 0 spiro atoms. The van der Waals surface area contributed by atoms with Gasteiger partial charge in [-0.15, -0.1) is 60.0 Å². The molecule has 2 aromatic rings. The monoisotopic (exact) mass is 569 g/mol. The summed E-state index contributed by atoms with van der Waals surface area (Å²) in [5.74, 6) is 0. The molecular weight excluding hydrogens is 529 g/mol. The standard InChI is InChI=1S/C9H7.C4H10N.C3H10OSi.C2H6Si.C2H5.CH3.2ClH.Si.Zr/c1-2-5-9-7-3-6-8(9)4-1;1-4(2,3)5;1-5(2,3)4;1-3-2;1-2;;;;;/h1-7H;5H,1-3H3;4H,1-3H3;1-2H3;1H2,2H3;1H3;2*1H;;/q2*-1;;;2*-1;;;;. The Morgan fingerprint density at radius 3 is 1.59 bits per heavy atom. The summed E-state index contributed by atoms with van der Waals surface area (Å²) in [6.07, 6.45) is 0. The van der Waals surface area contributed by atoms with Crippen LogP contribution < -0.4 is 0 Å². The minimum Gasteiger partial charge on any atom is -0.168 e. The van der Waals surface area contributed by atoms with Crippen molar-refractivity contribution in [3.05, 3.63) is 62.5 Å². The van der Waals surface area contributed by atoms with Crippen LogP contribution >= 0.6 is 24.8 Å². The van der Waals surface area contributed by atoms with Crippen LogP contribution in [-0.4, -0.2) is 35.1 Å². The Morgan fingerprint density at radius 2 is 1.31 bits per heavy atom. The van der Waals surface area contributed by atoms with Crippen LogP contribution in [0.3, 0.4) is 0 Å². The Labute approximate surface area is 215 Å². The molecule has 0 aliphatic rings. The second-order valence-electron chi connectivity index (χ2n) is 7.08. The van der Waals surface area contributed by atoms with Crippen molar-refractivity contribution in [2.45, 2.75) is 66.0 Å². The second kappa shape index (κ2) is 31.1. The first-order valence-electron chi connectivity index (χ1n) is 8.50. The summed E-state index contributed by atoms with van der Waals surface area (Å²) in [4.78, 5) is 8.66. The van der Waals surface area contributed by atoms with Gasteiger partial charge >= 0.3 is 30.2 Å². The summed E-state index contributed by atoms with van der Waals surface area (Å²) in [6.45, 7) is 23.6. The van der Waals surface area contributed by atoms with Crippen LogP contribution in [0.25, 0.3) is 16.5 Å². The van der Waals surface area contributed by atoms with Gasteiger partial charge in [-0.3, -0.25) is 0 Å². The molecule has 0 amide bonds. The van der Waals surface area contributed by atoms with E-state index < -0.39 is 8.32 Å². The zero-order valence-electron chi connectivity index (χ0n) is 20.0. The van der Waals surface area contributed by atoms with E-state index in [1.54, 1.807) is 6.92 Å². The van der Waals surface area contributed by atoms with E-state index in [4.69, 9.17) is 10.5 Å². The first-order valence-corrected chi connectivity index (χ1v) is 18.1. The summed E-state index contributed by atoms with van der Waals surface area (Å²) in [7, 11) is -0.528. The number of hydrogen-bond donors (Lipinski definition) is 1. The molecule has 8 heteroatoms. The van der Waals surface area contributed by atoms with Crippen molar-refractivity contribution >= 4 is 60.3 Å². The van der Waals surface area contributed by atoms with Gasteiger partial charge in [0.25, 0.3) is 0 Å². The Kier molecular flexibility index (Phi) is 51.0. The number of rotatable bonds is 0. The predicted molar refractivity (Wildman–Crippen MR) is 144 cm³/mol. The van der Waals surface area contributed by atoms with Gasteiger partial charge in [0.1, 0.15) is 0 Å². The molecule has 2 aromatic carbocycles. The smallest absolute Gasteiger partial charge is 0.0809 e. The maximum atomic E-state index is 8.66. The first kappa shape index (κ1) is 47.6. The third kappa shape index (κ3) is 65.3. The number of benzene rings is 1. The van der Waals surface area contributed by atoms with Gasteiger partial charge in [0.2, 0.25) is 0 Å². The van der Waals surface area contributed by atoms with Gasteiger partial charge in [-0.25, -0.2) is 0 Å². The molecule has 4 radical (unpaired) electrons. The molecule has 0 saturated carbocycles. The van der Waals surface area contributed by atoms with Crippen molar-refractivity contribution < 1.29 is 28.1 Å². The summed E-state index contributed by atoms with van der Waals surface area (Å²) in [5, 5.41) is 2.66. The SMILES string of the molecule is CC(C)(C)[NH-].C[Si](C)(C)O.C[Si]C.Cl.Cl.[CH2-]C.[CH3-].[Si]=[Zr].c1ccc2[cH-]ccc2c1. The molecule has 0 unspecified atom stereocenters. The van der Waals surface area contributed by atoms with Crippen molar-refractivity contribution in [1.29, 1.82) is 0 Å². The summed E-state index contributed by atoms with van der Waals surface area (Å²) in [6, 6.07) is 14.7. The average molecular weight is 572 g/mol. The first-order chi connectivity index (χ1) is 11.9. The van der Waals surface area contributed by atoms with Gasteiger partial charge in [0.05, 0.1) is 0 Å². The molecule has 29 heavy (non-hydrogen) atoms. The second-order valence-corrected chi connectivity index (χ2v) is 12.4. The molecule has 172 valence electrons. The molecule has 0 saturated heterocycles. The fraction of sp³-hybridized carbons (Fsp3) is 0.476. The molecule has 0 atom stereocenters. The summed E-state index contributed by atoms with van der Waals surface area (Å²) < 4.78 is 0. The van der Waals surface area contributed by atoms with Crippen LogP contribution in [0.5, 0.6) is 0 Å². The van der Waals surface area contributed by atoms with E-state index in [1.165, 1.54) is 34.1 Å². The van der Waals surface area contributed by atoms with E-state index in [2.05, 4.69) is 69.4 Å². The van der Waals surface area contributed by atoms with E-state index >= 15 is 0 Å². The number of nitrogens with one attached hydrogen (secondary N) is 1. The van der Waals surface area contributed by atoms with Crippen molar-refractivity contribution in [2.24, 2.45) is 0 Å². The molecule has 0 fully saturated rings. The van der Waals surface area contributed by atoms with Gasteiger partial charge in [-0.1, -0.05) is 39.9 Å². The van der Waals surface area contributed by atoms with Gasteiger partial charge in [-0.2, -0.15) is 24.4 Å². The third-order valence-electron chi connectivity index (χ3n) is 1.55. The van der Waals surface area contributed by atoms with Crippen molar-refractivity contribution in [2.75, 3.05) is 0 Å². The van der Waals surface area contributed by atoms with Crippen LogP contribution in [0.15, 0.2) is 42.5 Å². The third-order valence-corrected chi connectivity index (χ3v) is 1.55.